The molecule has 1 saturated heterocycles. The molecular weight excluding hydrogens is 276 g/mol. The summed E-state index contributed by atoms with van der Waals surface area (Å²) >= 11 is 0. The zero-order chi connectivity index (χ0) is 15.4. The Morgan fingerprint density at radius 2 is 1.95 bits per heavy atom. The Morgan fingerprint density at radius 3 is 2.52 bits per heavy atom. The maximum atomic E-state index is 11.3. The van der Waals surface area contributed by atoms with E-state index in [1.165, 1.54) is 17.1 Å². The van der Waals surface area contributed by atoms with Crippen LogP contribution < -0.4 is 5.43 Å². The molecular formula is C14H18N2O5. The number of phenolic OH excluding ortho intramolecular Hbond substituents is 1. The molecule has 1 heterocycles. The SMILES string of the molecule is O=C(O)[C@H](Cc1ccc(O)cc1)NN1CCC[C@H]1C(=O)O. The molecule has 7 heteroatoms. The van der Waals surface area contributed by atoms with Crippen molar-refractivity contribution in [1.82, 2.24) is 10.4 Å². The standard InChI is InChI=1S/C14H18N2O5/c17-10-5-3-9(4-6-10)8-11(13(18)19)15-16-7-1-2-12(16)14(20)21/h3-6,11-12,15,17H,1-2,7-8H2,(H,18,19)(H,20,21)/t11-,12-/m0/s1. The Bertz CT molecular complexity index is 517. The molecule has 0 bridgehead atoms. The van der Waals surface area contributed by atoms with Crippen LogP contribution in [0.1, 0.15) is 18.4 Å². The third-order valence-electron chi connectivity index (χ3n) is 3.53. The monoisotopic (exact) mass is 294 g/mol. The molecule has 21 heavy (non-hydrogen) atoms. The zero-order valence-corrected chi connectivity index (χ0v) is 11.4. The van der Waals surface area contributed by atoms with Gasteiger partial charge in [-0.25, -0.2) is 10.4 Å². The van der Waals surface area contributed by atoms with Crippen LogP contribution in [0.4, 0.5) is 0 Å². The van der Waals surface area contributed by atoms with Gasteiger partial charge >= 0.3 is 11.9 Å². The third kappa shape index (κ3) is 3.93. The van der Waals surface area contributed by atoms with Crippen LogP contribution in [-0.4, -0.2) is 50.9 Å². The van der Waals surface area contributed by atoms with Crippen LogP contribution in [0.25, 0.3) is 0 Å². The molecule has 0 saturated carbocycles. The van der Waals surface area contributed by atoms with E-state index < -0.39 is 24.0 Å². The quantitative estimate of drug-likeness (QED) is 0.602. The zero-order valence-electron chi connectivity index (χ0n) is 11.4. The maximum Gasteiger partial charge on any atom is 0.322 e. The number of hydrogen-bond donors (Lipinski definition) is 4. The Morgan fingerprint density at radius 1 is 1.29 bits per heavy atom. The second-order valence-electron chi connectivity index (χ2n) is 5.08. The first kappa shape index (κ1) is 15.3. The minimum atomic E-state index is -1.04. The van der Waals surface area contributed by atoms with Gasteiger partial charge in [0.1, 0.15) is 17.8 Å². The fraction of sp³-hybridized carbons (Fsp3) is 0.429. The largest absolute Gasteiger partial charge is 0.508 e. The molecule has 7 nitrogen and oxygen atoms in total. The lowest BCUT2D eigenvalue weighted by Crippen LogP contribution is -2.53. The number of aliphatic carboxylic acids is 2. The number of carboxylic acid groups (broad SMARTS) is 2. The van der Waals surface area contributed by atoms with E-state index in [0.29, 0.717) is 13.0 Å². The third-order valence-corrected chi connectivity index (χ3v) is 3.53. The number of carboxylic acids is 2. The van der Waals surface area contributed by atoms with E-state index in [4.69, 9.17) is 5.11 Å². The maximum absolute atomic E-state index is 11.3. The fourth-order valence-corrected chi connectivity index (χ4v) is 2.43. The number of aromatic hydroxyl groups is 1. The van der Waals surface area contributed by atoms with Crippen LogP contribution in [0.2, 0.25) is 0 Å². The van der Waals surface area contributed by atoms with E-state index in [2.05, 4.69) is 5.43 Å². The van der Waals surface area contributed by atoms with Gasteiger partial charge in [-0.3, -0.25) is 9.59 Å². The minimum absolute atomic E-state index is 0.115. The van der Waals surface area contributed by atoms with Gasteiger partial charge in [-0.15, -0.1) is 0 Å². The number of benzene rings is 1. The van der Waals surface area contributed by atoms with Gasteiger partial charge in [-0.1, -0.05) is 12.1 Å². The average Bonchev–Trinajstić information content (AvgIpc) is 2.88. The minimum Gasteiger partial charge on any atom is -0.508 e. The van der Waals surface area contributed by atoms with Gasteiger partial charge in [-0.2, -0.15) is 0 Å². The summed E-state index contributed by atoms with van der Waals surface area (Å²) < 4.78 is 0. The predicted molar refractivity (Wildman–Crippen MR) is 73.7 cm³/mol. The van der Waals surface area contributed by atoms with Gasteiger partial charge in [-0.05, 0) is 37.0 Å². The first-order valence-corrected chi connectivity index (χ1v) is 6.73. The topological polar surface area (TPSA) is 110 Å². The van der Waals surface area contributed by atoms with Gasteiger partial charge in [0.05, 0.1) is 0 Å². The molecule has 1 aliphatic heterocycles. The van der Waals surface area contributed by atoms with E-state index in [1.807, 2.05) is 0 Å². The van der Waals surface area contributed by atoms with Gasteiger partial charge in [0, 0.05) is 6.54 Å². The van der Waals surface area contributed by atoms with Crippen LogP contribution in [0.5, 0.6) is 5.75 Å². The van der Waals surface area contributed by atoms with Crippen LogP contribution in [0.3, 0.4) is 0 Å². The summed E-state index contributed by atoms with van der Waals surface area (Å²) in [6.07, 6.45) is 1.43. The van der Waals surface area contributed by atoms with Crippen molar-refractivity contribution in [1.29, 1.82) is 0 Å². The van der Waals surface area contributed by atoms with E-state index in [0.717, 1.165) is 12.0 Å². The molecule has 0 amide bonds. The lowest BCUT2D eigenvalue weighted by molar-refractivity contribution is -0.147. The molecule has 0 radical (unpaired) electrons. The number of nitrogens with zero attached hydrogens (tertiary/aromatic N) is 1. The van der Waals surface area contributed by atoms with Gasteiger partial charge in [0.15, 0.2) is 0 Å². The molecule has 114 valence electrons. The molecule has 1 fully saturated rings. The van der Waals surface area contributed by atoms with Crippen LogP contribution in [-0.2, 0) is 16.0 Å². The van der Waals surface area contributed by atoms with Crippen molar-refractivity contribution in [2.75, 3.05) is 6.54 Å². The van der Waals surface area contributed by atoms with Crippen molar-refractivity contribution in [3.63, 3.8) is 0 Å². The number of carbonyl (C=O) groups is 2. The lowest BCUT2D eigenvalue weighted by Gasteiger charge is -2.26. The van der Waals surface area contributed by atoms with Crippen molar-refractivity contribution in [2.45, 2.75) is 31.3 Å². The second-order valence-corrected chi connectivity index (χ2v) is 5.08. The molecule has 0 unspecified atom stereocenters. The molecule has 2 rings (SSSR count). The Balaban J connectivity index is 2.04. The highest BCUT2D eigenvalue weighted by molar-refractivity contribution is 5.75. The van der Waals surface area contributed by atoms with Crippen LogP contribution in [0.15, 0.2) is 24.3 Å². The average molecular weight is 294 g/mol. The Hall–Kier alpha value is -2.12. The summed E-state index contributed by atoms with van der Waals surface area (Å²) in [6.45, 7) is 0.510. The molecule has 0 aromatic heterocycles. The molecule has 1 aliphatic rings. The van der Waals surface area contributed by atoms with Crippen molar-refractivity contribution in [3.8, 4) is 5.75 Å². The Labute approximate surface area is 121 Å². The van der Waals surface area contributed by atoms with Crippen LogP contribution in [0, 0.1) is 0 Å². The first-order chi connectivity index (χ1) is 9.97. The predicted octanol–water partition coefficient (Wildman–Crippen LogP) is 0.441. The molecule has 0 spiro atoms. The van der Waals surface area contributed by atoms with Crippen molar-refractivity contribution < 1.29 is 24.9 Å². The number of phenols is 1. The number of nitrogens with one attached hydrogen (secondary N) is 1. The highest BCUT2D eigenvalue weighted by atomic mass is 16.4. The number of rotatable bonds is 6. The molecule has 2 atom stereocenters. The fourth-order valence-electron chi connectivity index (χ4n) is 2.43. The highest BCUT2D eigenvalue weighted by Crippen LogP contribution is 2.17. The summed E-state index contributed by atoms with van der Waals surface area (Å²) in [5, 5.41) is 29.1. The Kier molecular flexibility index (Phi) is 4.77. The van der Waals surface area contributed by atoms with E-state index >= 15 is 0 Å². The van der Waals surface area contributed by atoms with E-state index in [-0.39, 0.29) is 12.2 Å². The number of hydrazine groups is 1. The van der Waals surface area contributed by atoms with E-state index in [1.54, 1.807) is 12.1 Å². The lowest BCUT2D eigenvalue weighted by atomic mass is 10.1. The van der Waals surface area contributed by atoms with E-state index in [9.17, 15) is 19.8 Å². The number of hydrogen-bond acceptors (Lipinski definition) is 5. The van der Waals surface area contributed by atoms with Crippen LogP contribution >= 0.6 is 0 Å². The molecule has 1 aromatic rings. The summed E-state index contributed by atoms with van der Waals surface area (Å²) in [7, 11) is 0. The molecule has 1 aromatic carbocycles. The van der Waals surface area contributed by atoms with Crippen molar-refractivity contribution >= 4 is 11.9 Å². The van der Waals surface area contributed by atoms with Crippen molar-refractivity contribution in [3.05, 3.63) is 29.8 Å². The second kappa shape index (κ2) is 6.55. The molecule has 0 aliphatic carbocycles. The summed E-state index contributed by atoms with van der Waals surface area (Å²) in [5.41, 5.74) is 3.55. The summed E-state index contributed by atoms with van der Waals surface area (Å²) in [4.78, 5) is 22.5. The summed E-state index contributed by atoms with van der Waals surface area (Å²) in [5.74, 6) is -1.88. The first-order valence-electron chi connectivity index (χ1n) is 6.73. The molecule has 4 N–H and O–H groups in total. The summed E-state index contributed by atoms with van der Waals surface area (Å²) in [6, 6.07) is 4.67. The normalized spacial score (nSPS) is 20.3. The van der Waals surface area contributed by atoms with Gasteiger partial charge in [0.25, 0.3) is 0 Å². The van der Waals surface area contributed by atoms with Gasteiger partial charge in [0.2, 0.25) is 0 Å². The smallest absolute Gasteiger partial charge is 0.322 e. The van der Waals surface area contributed by atoms with Gasteiger partial charge < -0.3 is 15.3 Å². The highest BCUT2D eigenvalue weighted by Gasteiger charge is 2.33. The van der Waals surface area contributed by atoms with Crippen molar-refractivity contribution in [2.24, 2.45) is 0 Å².